The Morgan fingerprint density at radius 3 is 2.56 bits per heavy atom. The van der Waals surface area contributed by atoms with E-state index in [1.165, 1.54) is 6.42 Å². The number of likely N-dealkylation sites (N-methyl/N-ethyl adjacent to an activating group) is 1. The molecule has 5 rings (SSSR count). The fourth-order valence-corrected chi connectivity index (χ4v) is 4.68. The van der Waals surface area contributed by atoms with Gasteiger partial charge in [0, 0.05) is 24.8 Å². The minimum atomic E-state index is -0.0260. The molecule has 1 fully saturated rings. The van der Waals surface area contributed by atoms with E-state index in [1.807, 2.05) is 67.7 Å². The Balaban J connectivity index is 1.44. The number of benzene rings is 2. The molecule has 2 aliphatic heterocycles. The molecule has 2 unspecified atom stereocenters. The van der Waals surface area contributed by atoms with Crippen molar-refractivity contribution in [2.45, 2.75) is 31.3 Å². The van der Waals surface area contributed by atoms with Gasteiger partial charge in [-0.2, -0.15) is 0 Å². The summed E-state index contributed by atoms with van der Waals surface area (Å²) in [4.78, 5) is 22.2. The lowest BCUT2D eigenvalue weighted by molar-refractivity contribution is -0.123. The van der Waals surface area contributed by atoms with Gasteiger partial charge in [-0.3, -0.25) is 14.6 Å². The highest BCUT2D eigenvalue weighted by Crippen LogP contribution is 2.37. The molecule has 162 valence electrons. The van der Waals surface area contributed by atoms with Gasteiger partial charge in [-0.05, 0) is 43.5 Å². The molecule has 2 aromatic rings. The van der Waals surface area contributed by atoms with Gasteiger partial charge in [0.15, 0.2) is 0 Å². The lowest BCUT2D eigenvalue weighted by Crippen LogP contribution is -2.55. The monoisotopic (exact) mass is 425 g/mol. The van der Waals surface area contributed by atoms with Crippen molar-refractivity contribution in [2.75, 3.05) is 25.5 Å². The van der Waals surface area contributed by atoms with E-state index in [-0.39, 0.29) is 11.9 Å². The molecule has 0 radical (unpaired) electrons. The van der Waals surface area contributed by atoms with E-state index in [9.17, 15) is 4.79 Å². The molecule has 6 heteroatoms. The summed E-state index contributed by atoms with van der Waals surface area (Å²) in [5.74, 6) is 7.96. The summed E-state index contributed by atoms with van der Waals surface area (Å²) >= 11 is 0. The minimum absolute atomic E-state index is 0.0260. The fourth-order valence-electron chi connectivity index (χ4n) is 4.68. The first-order chi connectivity index (χ1) is 15.7. The molecule has 1 aliphatic carbocycles. The van der Waals surface area contributed by atoms with Gasteiger partial charge in [-0.25, -0.2) is 4.99 Å². The van der Waals surface area contributed by atoms with Crippen molar-refractivity contribution in [3.8, 4) is 11.8 Å². The van der Waals surface area contributed by atoms with E-state index in [0.29, 0.717) is 24.7 Å². The fraction of sp³-hybridized carbons (Fsp3) is 0.308. The SMILES string of the molecule is CN1C(=O)C(CNc2ccccc2)=C(NCC#Cc2ccccc2)N2C1=NC1CCCC12. The van der Waals surface area contributed by atoms with Crippen molar-refractivity contribution in [1.82, 2.24) is 15.1 Å². The summed E-state index contributed by atoms with van der Waals surface area (Å²) in [6.45, 7) is 0.889. The third kappa shape index (κ3) is 3.82. The second kappa shape index (κ2) is 8.80. The maximum absolute atomic E-state index is 13.3. The van der Waals surface area contributed by atoms with E-state index < -0.39 is 0 Å². The van der Waals surface area contributed by atoms with Crippen molar-refractivity contribution in [3.63, 3.8) is 0 Å². The lowest BCUT2D eigenvalue weighted by atomic mass is 10.1. The minimum Gasteiger partial charge on any atom is -0.381 e. The van der Waals surface area contributed by atoms with Gasteiger partial charge >= 0.3 is 0 Å². The molecule has 0 aromatic heterocycles. The number of amides is 1. The van der Waals surface area contributed by atoms with Gasteiger partial charge in [-0.15, -0.1) is 0 Å². The van der Waals surface area contributed by atoms with Gasteiger partial charge in [0.05, 0.1) is 24.2 Å². The first-order valence-electron chi connectivity index (χ1n) is 11.2. The van der Waals surface area contributed by atoms with Crippen molar-refractivity contribution in [3.05, 3.63) is 77.6 Å². The predicted molar refractivity (Wildman–Crippen MR) is 127 cm³/mol. The summed E-state index contributed by atoms with van der Waals surface area (Å²) in [6, 6.07) is 20.5. The zero-order valence-electron chi connectivity index (χ0n) is 18.2. The van der Waals surface area contributed by atoms with Crippen LogP contribution in [0.2, 0.25) is 0 Å². The second-order valence-electron chi connectivity index (χ2n) is 8.30. The largest absolute Gasteiger partial charge is 0.381 e. The molecule has 2 heterocycles. The highest BCUT2D eigenvalue weighted by molar-refractivity contribution is 6.10. The number of para-hydroxylation sites is 1. The summed E-state index contributed by atoms with van der Waals surface area (Å²) in [7, 11) is 1.82. The van der Waals surface area contributed by atoms with Gasteiger partial charge in [0.25, 0.3) is 5.91 Å². The number of carbonyl (C=O) groups is 1. The van der Waals surface area contributed by atoms with Crippen LogP contribution in [0.3, 0.4) is 0 Å². The van der Waals surface area contributed by atoms with Gasteiger partial charge < -0.3 is 10.6 Å². The molecule has 6 nitrogen and oxygen atoms in total. The van der Waals surface area contributed by atoms with Crippen LogP contribution in [-0.4, -0.2) is 53.9 Å². The Hall–Kier alpha value is -3.72. The summed E-state index contributed by atoms with van der Waals surface area (Å²) < 4.78 is 0. The number of anilines is 1. The number of hydrogen-bond acceptors (Lipinski definition) is 5. The Labute approximate surface area is 189 Å². The zero-order valence-corrected chi connectivity index (χ0v) is 18.2. The van der Waals surface area contributed by atoms with Gasteiger partial charge in [0.1, 0.15) is 5.82 Å². The van der Waals surface area contributed by atoms with Crippen molar-refractivity contribution in [2.24, 2.45) is 4.99 Å². The summed E-state index contributed by atoms with van der Waals surface area (Å²) in [6.07, 6.45) is 3.32. The van der Waals surface area contributed by atoms with Crippen molar-refractivity contribution >= 4 is 17.6 Å². The first kappa shape index (κ1) is 20.2. The molecule has 0 saturated heterocycles. The van der Waals surface area contributed by atoms with E-state index in [1.54, 1.807) is 4.90 Å². The Bertz CT molecular complexity index is 1110. The maximum Gasteiger partial charge on any atom is 0.261 e. The molecule has 1 amide bonds. The normalized spacial score (nSPS) is 21.5. The number of carbonyl (C=O) groups excluding carboxylic acids is 1. The van der Waals surface area contributed by atoms with E-state index >= 15 is 0 Å². The van der Waals surface area contributed by atoms with Crippen LogP contribution in [0.5, 0.6) is 0 Å². The average molecular weight is 426 g/mol. The number of rotatable bonds is 5. The molecule has 0 bridgehead atoms. The van der Waals surface area contributed by atoms with Crippen LogP contribution in [0.25, 0.3) is 0 Å². The first-order valence-corrected chi connectivity index (χ1v) is 11.2. The van der Waals surface area contributed by atoms with E-state index in [4.69, 9.17) is 4.99 Å². The predicted octanol–water partition coefficient (Wildman–Crippen LogP) is 3.02. The highest BCUT2D eigenvalue weighted by atomic mass is 16.2. The summed E-state index contributed by atoms with van der Waals surface area (Å²) in [5, 5.41) is 6.88. The van der Waals surface area contributed by atoms with Crippen LogP contribution in [0.4, 0.5) is 5.69 Å². The molecule has 3 aliphatic rings. The number of guanidine groups is 1. The zero-order chi connectivity index (χ0) is 21.9. The third-order valence-electron chi connectivity index (χ3n) is 6.26. The molecule has 1 saturated carbocycles. The highest BCUT2D eigenvalue weighted by Gasteiger charge is 2.47. The number of nitrogens with one attached hydrogen (secondary N) is 2. The van der Waals surface area contributed by atoms with Crippen LogP contribution in [0, 0.1) is 11.8 Å². The average Bonchev–Trinajstić information content (AvgIpc) is 3.42. The number of nitrogens with zero attached hydrogens (tertiary/aromatic N) is 3. The summed E-state index contributed by atoms with van der Waals surface area (Å²) in [5.41, 5.74) is 2.68. The van der Waals surface area contributed by atoms with Crippen LogP contribution in [-0.2, 0) is 4.79 Å². The lowest BCUT2D eigenvalue weighted by Gasteiger charge is -2.38. The molecular weight excluding hydrogens is 398 g/mol. The molecule has 2 atom stereocenters. The standard InChI is InChI=1S/C26H27N5O/c1-30-25(32)21(18-28-20-13-6-3-7-14-20)24(27-17-9-12-19-10-4-2-5-11-19)31-23-16-8-15-22(23)29-26(30)31/h2-7,10-11,13-14,22-23,27-28H,8,15-18H2,1H3. The smallest absolute Gasteiger partial charge is 0.261 e. The molecule has 2 N–H and O–H groups in total. The van der Waals surface area contributed by atoms with Crippen molar-refractivity contribution < 1.29 is 4.79 Å². The number of hydrogen-bond donors (Lipinski definition) is 2. The van der Waals surface area contributed by atoms with Crippen LogP contribution in [0.1, 0.15) is 24.8 Å². The quantitative estimate of drug-likeness (QED) is 0.723. The van der Waals surface area contributed by atoms with Crippen molar-refractivity contribution in [1.29, 1.82) is 0 Å². The van der Waals surface area contributed by atoms with E-state index in [2.05, 4.69) is 27.4 Å². The Morgan fingerprint density at radius 2 is 1.78 bits per heavy atom. The van der Waals surface area contributed by atoms with E-state index in [0.717, 1.165) is 35.9 Å². The van der Waals surface area contributed by atoms with Crippen LogP contribution >= 0.6 is 0 Å². The Morgan fingerprint density at radius 1 is 1.03 bits per heavy atom. The molecule has 0 spiro atoms. The third-order valence-corrected chi connectivity index (χ3v) is 6.26. The van der Waals surface area contributed by atoms with Gasteiger partial charge in [0.2, 0.25) is 5.96 Å². The maximum atomic E-state index is 13.3. The Kier molecular flexibility index (Phi) is 5.55. The van der Waals surface area contributed by atoms with Crippen LogP contribution in [0.15, 0.2) is 77.1 Å². The van der Waals surface area contributed by atoms with Crippen LogP contribution < -0.4 is 10.6 Å². The number of aliphatic imine (C=N–C) groups is 1. The van der Waals surface area contributed by atoms with Gasteiger partial charge in [-0.1, -0.05) is 48.2 Å². The molecular formula is C26H27N5O. The second-order valence-corrected chi connectivity index (χ2v) is 8.30. The topological polar surface area (TPSA) is 60.0 Å². The molecule has 32 heavy (non-hydrogen) atoms. The molecule has 2 aromatic carbocycles. The number of fused-ring (bicyclic) bond motifs is 3.